The molecule has 1 atom stereocenters. The van der Waals surface area contributed by atoms with Crippen molar-refractivity contribution in [3.8, 4) is 0 Å². The molecular formula is C22H16F6N6O. The highest BCUT2D eigenvalue weighted by Gasteiger charge is 2.44. The SMILES string of the molecule is Nc1nc2cc(F)c(C(=O)N3CC(F)(F)CCC3c3ccc(C(F)(F)F)cn3)cc2n2cncc12. The van der Waals surface area contributed by atoms with Gasteiger partial charge < -0.3 is 10.6 Å². The van der Waals surface area contributed by atoms with Crippen molar-refractivity contribution in [1.29, 1.82) is 0 Å². The van der Waals surface area contributed by atoms with Gasteiger partial charge in [-0.25, -0.2) is 23.1 Å². The number of hydrogen-bond donors (Lipinski definition) is 1. The molecule has 1 aliphatic heterocycles. The Morgan fingerprint density at radius 3 is 2.60 bits per heavy atom. The Hall–Kier alpha value is -3.90. The number of alkyl halides is 5. The molecule has 0 saturated carbocycles. The first-order valence-corrected chi connectivity index (χ1v) is 10.4. The number of anilines is 1. The van der Waals surface area contributed by atoms with Gasteiger partial charge in [0.05, 0.1) is 53.0 Å². The van der Waals surface area contributed by atoms with Gasteiger partial charge in [0.2, 0.25) is 0 Å². The number of carbonyl (C=O) groups is 1. The molecule has 4 aromatic rings. The monoisotopic (exact) mass is 494 g/mol. The molecule has 0 radical (unpaired) electrons. The van der Waals surface area contributed by atoms with Gasteiger partial charge >= 0.3 is 6.18 Å². The van der Waals surface area contributed by atoms with Gasteiger partial charge in [-0.1, -0.05) is 0 Å². The zero-order chi connectivity index (χ0) is 25.1. The summed E-state index contributed by atoms with van der Waals surface area (Å²) in [6.07, 6.45) is -2.13. The lowest BCUT2D eigenvalue weighted by atomic mass is 9.95. The maximum atomic E-state index is 15.0. The number of halogens is 6. The summed E-state index contributed by atoms with van der Waals surface area (Å²) in [6.45, 7) is -1.04. The summed E-state index contributed by atoms with van der Waals surface area (Å²) in [7, 11) is 0. The number of pyridine rings is 1. The number of aromatic nitrogens is 4. The Bertz CT molecular complexity index is 1450. The molecule has 1 unspecified atom stereocenters. The van der Waals surface area contributed by atoms with Gasteiger partial charge in [-0.3, -0.25) is 14.2 Å². The number of fused-ring (bicyclic) bond motifs is 3. The fraction of sp³-hybridized carbons (Fsp3) is 0.273. The first kappa shape index (κ1) is 22.9. The van der Waals surface area contributed by atoms with Crippen LogP contribution in [0.5, 0.6) is 0 Å². The van der Waals surface area contributed by atoms with Gasteiger partial charge in [-0.05, 0) is 24.6 Å². The fourth-order valence-corrected chi connectivity index (χ4v) is 4.25. The summed E-state index contributed by atoms with van der Waals surface area (Å²) in [6, 6.07) is 2.86. The number of nitrogens with two attached hydrogens (primary N) is 1. The summed E-state index contributed by atoms with van der Waals surface area (Å²) in [4.78, 5) is 26.0. The molecular weight excluding hydrogens is 478 g/mol. The van der Waals surface area contributed by atoms with Gasteiger partial charge in [0.1, 0.15) is 17.2 Å². The van der Waals surface area contributed by atoms with E-state index in [2.05, 4.69) is 15.0 Å². The van der Waals surface area contributed by atoms with Gasteiger partial charge in [0.15, 0.2) is 0 Å². The summed E-state index contributed by atoms with van der Waals surface area (Å²) in [5.74, 6) is -5.25. The molecule has 1 aliphatic rings. The van der Waals surface area contributed by atoms with E-state index < -0.39 is 54.0 Å². The van der Waals surface area contributed by atoms with Crippen LogP contribution in [0, 0.1) is 5.82 Å². The number of benzene rings is 1. The third-order valence-corrected chi connectivity index (χ3v) is 5.97. The molecule has 2 N–H and O–H groups in total. The molecule has 1 fully saturated rings. The maximum Gasteiger partial charge on any atom is 0.417 e. The van der Waals surface area contributed by atoms with Crippen molar-refractivity contribution in [3.63, 3.8) is 0 Å². The zero-order valence-electron chi connectivity index (χ0n) is 17.7. The summed E-state index contributed by atoms with van der Waals surface area (Å²) in [5.41, 5.74) is 5.11. The van der Waals surface area contributed by atoms with Crippen molar-refractivity contribution in [1.82, 2.24) is 24.3 Å². The Kier molecular flexibility index (Phi) is 5.11. The standard InChI is InChI=1S/C22H16F6N6O/c23-13-6-15-17(34-10-30-8-18(34)19(29)32-15)5-12(13)20(35)33-9-21(24,25)4-3-16(33)14-2-1-11(7-31-14)22(26,27)28/h1-2,5-8,10,16H,3-4,9H2,(H2,29,32). The van der Waals surface area contributed by atoms with Crippen molar-refractivity contribution < 1.29 is 31.1 Å². The molecule has 4 heterocycles. The number of likely N-dealkylation sites (tertiary alicyclic amines) is 1. The van der Waals surface area contributed by atoms with E-state index in [1.54, 1.807) is 0 Å². The number of rotatable bonds is 2. The Morgan fingerprint density at radius 1 is 1.14 bits per heavy atom. The molecule has 5 rings (SSSR count). The third-order valence-electron chi connectivity index (χ3n) is 5.97. The van der Waals surface area contributed by atoms with Gasteiger partial charge in [-0.15, -0.1) is 0 Å². The number of carbonyl (C=O) groups excluding carboxylic acids is 1. The number of nitrogens with zero attached hydrogens (tertiary/aromatic N) is 5. The largest absolute Gasteiger partial charge is 0.417 e. The van der Waals surface area contributed by atoms with Crippen LogP contribution in [0.3, 0.4) is 0 Å². The van der Waals surface area contributed by atoms with Crippen LogP contribution < -0.4 is 5.73 Å². The molecule has 0 spiro atoms. The lowest BCUT2D eigenvalue weighted by molar-refractivity contribution is -0.137. The second kappa shape index (κ2) is 7.82. The molecule has 13 heteroatoms. The van der Waals surface area contributed by atoms with E-state index in [0.717, 1.165) is 29.2 Å². The highest BCUT2D eigenvalue weighted by Crippen LogP contribution is 2.39. The van der Waals surface area contributed by atoms with Crippen LogP contribution in [0.4, 0.5) is 32.2 Å². The van der Waals surface area contributed by atoms with Gasteiger partial charge in [0, 0.05) is 18.7 Å². The highest BCUT2D eigenvalue weighted by atomic mass is 19.4. The minimum atomic E-state index is -4.63. The number of piperidine rings is 1. The van der Waals surface area contributed by atoms with Crippen LogP contribution in [0.1, 0.15) is 40.5 Å². The lowest BCUT2D eigenvalue weighted by Gasteiger charge is -2.39. The number of imidazole rings is 1. The third kappa shape index (κ3) is 4.00. The maximum absolute atomic E-state index is 15.0. The second-order valence-electron chi connectivity index (χ2n) is 8.28. The molecule has 0 aliphatic carbocycles. The van der Waals surface area contributed by atoms with Crippen LogP contribution >= 0.6 is 0 Å². The van der Waals surface area contributed by atoms with Crippen LogP contribution in [-0.4, -0.2) is 42.6 Å². The number of hydrogen-bond acceptors (Lipinski definition) is 5. The summed E-state index contributed by atoms with van der Waals surface area (Å²) in [5, 5.41) is 0. The van der Waals surface area contributed by atoms with E-state index in [1.807, 2.05) is 0 Å². The quantitative estimate of drug-likeness (QED) is 0.411. The lowest BCUT2D eigenvalue weighted by Crippen LogP contribution is -2.48. The molecule has 35 heavy (non-hydrogen) atoms. The molecule has 1 saturated heterocycles. The number of nitrogen functional groups attached to an aromatic ring is 1. The second-order valence-corrected chi connectivity index (χ2v) is 8.28. The average molecular weight is 494 g/mol. The van der Waals surface area contributed by atoms with Crippen LogP contribution in [0.25, 0.3) is 16.6 Å². The van der Waals surface area contributed by atoms with E-state index in [0.29, 0.717) is 11.7 Å². The highest BCUT2D eigenvalue weighted by molar-refractivity contribution is 5.98. The Morgan fingerprint density at radius 2 is 1.91 bits per heavy atom. The predicted molar refractivity (Wildman–Crippen MR) is 112 cm³/mol. The minimum absolute atomic E-state index is 0.00510. The average Bonchev–Trinajstić information content (AvgIpc) is 3.28. The first-order valence-electron chi connectivity index (χ1n) is 10.4. The van der Waals surface area contributed by atoms with Crippen LogP contribution in [0.15, 0.2) is 43.0 Å². The molecule has 182 valence electrons. The van der Waals surface area contributed by atoms with E-state index in [4.69, 9.17) is 5.73 Å². The van der Waals surface area contributed by atoms with Crippen LogP contribution in [-0.2, 0) is 6.18 Å². The fourth-order valence-electron chi connectivity index (χ4n) is 4.25. The Labute approximate surface area is 193 Å². The molecule has 0 bridgehead atoms. The van der Waals surface area contributed by atoms with E-state index in [9.17, 15) is 26.7 Å². The van der Waals surface area contributed by atoms with E-state index in [1.165, 1.54) is 16.9 Å². The van der Waals surface area contributed by atoms with Crippen LogP contribution in [0.2, 0.25) is 0 Å². The van der Waals surface area contributed by atoms with Crippen molar-refractivity contribution in [3.05, 3.63) is 65.6 Å². The molecule has 1 aromatic carbocycles. The summed E-state index contributed by atoms with van der Waals surface area (Å²) >= 11 is 0. The van der Waals surface area contributed by atoms with E-state index in [-0.39, 0.29) is 29.0 Å². The zero-order valence-corrected chi connectivity index (χ0v) is 17.7. The van der Waals surface area contributed by atoms with Crippen molar-refractivity contribution >= 4 is 28.3 Å². The van der Waals surface area contributed by atoms with Gasteiger partial charge in [-0.2, -0.15) is 13.2 Å². The molecule has 1 amide bonds. The van der Waals surface area contributed by atoms with Crippen molar-refractivity contribution in [2.24, 2.45) is 0 Å². The van der Waals surface area contributed by atoms with E-state index >= 15 is 4.39 Å². The van der Waals surface area contributed by atoms with Gasteiger partial charge in [0.25, 0.3) is 11.8 Å². The topological polar surface area (TPSA) is 89.4 Å². The minimum Gasteiger partial charge on any atom is -0.382 e. The van der Waals surface area contributed by atoms with Crippen molar-refractivity contribution in [2.75, 3.05) is 12.3 Å². The van der Waals surface area contributed by atoms with Crippen molar-refractivity contribution in [2.45, 2.75) is 31.0 Å². The predicted octanol–water partition coefficient (Wildman–Crippen LogP) is 4.63. The Balaban J connectivity index is 1.58. The normalized spacial score (nSPS) is 18.3. The molecule has 3 aromatic heterocycles. The molecule has 7 nitrogen and oxygen atoms in total. The number of amides is 1. The summed E-state index contributed by atoms with van der Waals surface area (Å²) < 4.78 is 83.8. The smallest absolute Gasteiger partial charge is 0.382 e. The first-order chi connectivity index (χ1) is 16.4.